The van der Waals surface area contributed by atoms with Crippen molar-refractivity contribution in [3.8, 4) is 6.07 Å². The summed E-state index contributed by atoms with van der Waals surface area (Å²) in [5.74, 6) is -1.66. The van der Waals surface area contributed by atoms with Gasteiger partial charge in [-0.1, -0.05) is 0 Å². The summed E-state index contributed by atoms with van der Waals surface area (Å²) in [6.45, 7) is 2.09. The largest absolute Gasteiger partial charge is 0.441 e. The molecule has 0 atom stereocenters. The molecule has 2 amide bonds. The fourth-order valence-electron chi connectivity index (χ4n) is 6.19. The number of nitrogens with zero attached hydrogens (tertiary/aromatic N) is 4. The molecule has 43 heavy (non-hydrogen) atoms. The van der Waals surface area contributed by atoms with Crippen molar-refractivity contribution in [2.45, 2.75) is 63.4 Å². The highest BCUT2D eigenvalue weighted by Crippen LogP contribution is 2.37. The van der Waals surface area contributed by atoms with Gasteiger partial charge >= 0.3 is 12.3 Å². The fraction of sp³-hybridized carbons (Fsp3) is 0.533. The number of rotatable bonds is 7. The first-order valence-corrected chi connectivity index (χ1v) is 14.3. The van der Waals surface area contributed by atoms with Crippen LogP contribution in [0, 0.1) is 34.8 Å². The number of ether oxygens (including phenoxy) is 1. The molecule has 1 aromatic heterocycles. The summed E-state index contributed by atoms with van der Waals surface area (Å²) in [5.41, 5.74) is -1.29. The highest BCUT2D eigenvalue weighted by molar-refractivity contribution is 5.78. The summed E-state index contributed by atoms with van der Waals surface area (Å²) in [6, 6.07) is 5.99. The predicted molar refractivity (Wildman–Crippen MR) is 143 cm³/mol. The van der Waals surface area contributed by atoms with Crippen LogP contribution in [0.1, 0.15) is 60.9 Å². The van der Waals surface area contributed by atoms with Gasteiger partial charge in [0.15, 0.2) is 0 Å². The molecule has 2 aliphatic heterocycles. The number of carbonyl (C=O) groups excluding carboxylic acids is 2. The maximum Gasteiger partial charge on any atom is 0.417 e. The van der Waals surface area contributed by atoms with Crippen molar-refractivity contribution in [2.24, 2.45) is 11.8 Å². The summed E-state index contributed by atoms with van der Waals surface area (Å²) in [5, 5.41) is 11.7. The first-order valence-electron chi connectivity index (χ1n) is 14.3. The van der Waals surface area contributed by atoms with Crippen molar-refractivity contribution in [2.75, 3.05) is 26.2 Å². The van der Waals surface area contributed by atoms with Gasteiger partial charge < -0.3 is 15.0 Å². The van der Waals surface area contributed by atoms with Gasteiger partial charge in [-0.3, -0.25) is 14.7 Å². The molecule has 1 aromatic carbocycles. The second-order valence-electron chi connectivity index (χ2n) is 11.7. The van der Waals surface area contributed by atoms with Gasteiger partial charge in [-0.15, -0.1) is 0 Å². The summed E-state index contributed by atoms with van der Waals surface area (Å²) < 4.78 is 72.6. The lowest BCUT2D eigenvalue weighted by molar-refractivity contribution is -0.137. The monoisotopic (exact) mass is 605 g/mol. The molecule has 2 aromatic rings. The van der Waals surface area contributed by atoms with Crippen LogP contribution in [0.4, 0.5) is 26.7 Å². The molecule has 13 heteroatoms. The first kappa shape index (κ1) is 30.7. The Kier molecular flexibility index (Phi) is 8.87. The molecule has 8 nitrogen and oxygen atoms in total. The van der Waals surface area contributed by atoms with Crippen LogP contribution < -0.4 is 5.32 Å². The van der Waals surface area contributed by atoms with Gasteiger partial charge in [0.2, 0.25) is 5.91 Å². The van der Waals surface area contributed by atoms with Crippen molar-refractivity contribution in [3.63, 3.8) is 0 Å². The molecule has 1 N–H and O–H groups in total. The van der Waals surface area contributed by atoms with Crippen LogP contribution in [0.25, 0.3) is 0 Å². The minimum Gasteiger partial charge on any atom is -0.441 e. The molecular weight excluding hydrogens is 573 g/mol. The Morgan fingerprint density at radius 3 is 2.37 bits per heavy atom. The topological polar surface area (TPSA) is 98.6 Å². The number of benzene rings is 1. The van der Waals surface area contributed by atoms with Gasteiger partial charge in [0.1, 0.15) is 17.2 Å². The van der Waals surface area contributed by atoms with Gasteiger partial charge in [0.25, 0.3) is 0 Å². The van der Waals surface area contributed by atoms with Crippen molar-refractivity contribution in [3.05, 3.63) is 64.5 Å². The quantitative estimate of drug-likeness (QED) is 0.438. The molecule has 3 fully saturated rings. The van der Waals surface area contributed by atoms with E-state index >= 15 is 0 Å². The zero-order valence-electron chi connectivity index (χ0n) is 23.4. The summed E-state index contributed by atoms with van der Waals surface area (Å²) in [7, 11) is 0. The molecule has 3 aliphatic rings. The minimum atomic E-state index is -4.46. The minimum absolute atomic E-state index is 0.0490. The van der Waals surface area contributed by atoms with Crippen LogP contribution in [0.2, 0.25) is 0 Å². The summed E-state index contributed by atoms with van der Waals surface area (Å²) in [6.07, 6.45) is -0.221. The second kappa shape index (κ2) is 12.4. The van der Waals surface area contributed by atoms with E-state index in [-0.39, 0.29) is 48.1 Å². The molecule has 0 bridgehead atoms. The number of amides is 2. The molecule has 1 saturated carbocycles. The molecule has 0 unspecified atom stereocenters. The van der Waals surface area contributed by atoms with E-state index < -0.39 is 29.0 Å². The number of pyridine rings is 1. The Bertz CT molecular complexity index is 1360. The highest BCUT2D eigenvalue weighted by atomic mass is 19.4. The lowest BCUT2D eigenvalue weighted by Crippen LogP contribution is -2.47. The van der Waals surface area contributed by atoms with E-state index in [0.29, 0.717) is 57.6 Å². The number of halogens is 5. The van der Waals surface area contributed by atoms with E-state index in [1.165, 1.54) is 6.07 Å². The van der Waals surface area contributed by atoms with Crippen LogP contribution in [0.5, 0.6) is 0 Å². The predicted octanol–water partition coefficient (Wildman–Crippen LogP) is 5.16. The van der Waals surface area contributed by atoms with Gasteiger partial charge in [-0.2, -0.15) is 18.4 Å². The van der Waals surface area contributed by atoms with Crippen molar-refractivity contribution >= 4 is 12.0 Å². The number of nitrogens with one attached hydrogen (secondary N) is 1. The van der Waals surface area contributed by atoms with Crippen molar-refractivity contribution in [1.82, 2.24) is 20.1 Å². The number of likely N-dealkylation sites (tertiary alicyclic amines) is 1. The van der Waals surface area contributed by atoms with E-state index in [1.54, 1.807) is 11.0 Å². The molecule has 0 radical (unpaired) electrons. The maximum atomic E-state index is 14.3. The number of alkyl halides is 3. The van der Waals surface area contributed by atoms with E-state index in [4.69, 9.17) is 10.00 Å². The molecule has 5 rings (SSSR count). The zero-order chi connectivity index (χ0) is 30.8. The third kappa shape index (κ3) is 7.24. The number of carbonyl (C=O) groups is 2. The summed E-state index contributed by atoms with van der Waals surface area (Å²) >= 11 is 0. The van der Waals surface area contributed by atoms with Crippen LogP contribution in [-0.2, 0) is 28.8 Å². The van der Waals surface area contributed by atoms with Crippen molar-refractivity contribution in [1.29, 1.82) is 5.26 Å². The van der Waals surface area contributed by atoms with Crippen LogP contribution >= 0.6 is 0 Å². The lowest BCUT2D eigenvalue weighted by Gasteiger charge is -2.37. The number of aromatic nitrogens is 1. The third-order valence-corrected chi connectivity index (χ3v) is 8.75. The number of nitriles is 1. The van der Waals surface area contributed by atoms with E-state index in [9.17, 15) is 31.5 Å². The van der Waals surface area contributed by atoms with Crippen LogP contribution in [0.3, 0.4) is 0 Å². The van der Waals surface area contributed by atoms with E-state index in [2.05, 4.69) is 10.3 Å². The van der Waals surface area contributed by atoms with Gasteiger partial charge in [-0.25, -0.2) is 13.6 Å². The van der Waals surface area contributed by atoms with Gasteiger partial charge in [0, 0.05) is 56.7 Å². The normalized spacial score (nSPS) is 22.3. The average molecular weight is 606 g/mol. The number of piperidine rings is 1. The molecular formula is C30H32F5N5O3. The standard InChI is InChI=1S/C30H32F5N5O3/c31-25-11-20(13-36)12-26(32)24(25)17-39-9-7-29(8-10-39)18-40(28(42)43-29)16-19-1-3-21(4-2-19)27(41)38-15-23-6-5-22(14-37-23)30(33,34)35/h5-6,11-12,14,19,21H,1-4,7-10,15-18H2,(H,38,41). The Morgan fingerprint density at radius 1 is 1.12 bits per heavy atom. The highest BCUT2D eigenvalue weighted by Gasteiger charge is 2.47. The molecule has 1 aliphatic carbocycles. The van der Waals surface area contributed by atoms with Crippen molar-refractivity contribution < 1.29 is 36.3 Å². The smallest absolute Gasteiger partial charge is 0.417 e. The van der Waals surface area contributed by atoms with Crippen LogP contribution in [-0.4, -0.2) is 58.6 Å². The van der Waals surface area contributed by atoms with Gasteiger partial charge in [0.05, 0.1) is 36.0 Å². The second-order valence-corrected chi connectivity index (χ2v) is 11.7. The third-order valence-electron chi connectivity index (χ3n) is 8.75. The zero-order valence-corrected chi connectivity index (χ0v) is 23.4. The maximum absolute atomic E-state index is 14.3. The Balaban J connectivity index is 1.05. The van der Waals surface area contributed by atoms with E-state index in [0.717, 1.165) is 37.2 Å². The van der Waals surface area contributed by atoms with Crippen LogP contribution in [0.15, 0.2) is 30.5 Å². The molecule has 230 valence electrons. The molecule has 3 heterocycles. The SMILES string of the molecule is N#Cc1cc(F)c(CN2CCC3(CC2)CN(CC2CCC(C(=O)NCc4ccc(C(F)(F)F)cn4)CC2)C(=O)O3)c(F)c1. The Labute approximate surface area is 245 Å². The Hall–Kier alpha value is -3.79. The number of hydrogen-bond donors (Lipinski definition) is 1. The molecule has 2 saturated heterocycles. The van der Waals surface area contributed by atoms with Gasteiger partial charge in [-0.05, 0) is 55.9 Å². The molecule has 1 spiro atoms. The summed E-state index contributed by atoms with van der Waals surface area (Å²) in [4.78, 5) is 32.8. The first-order chi connectivity index (χ1) is 20.4. The number of hydrogen-bond acceptors (Lipinski definition) is 6. The Morgan fingerprint density at radius 2 is 1.79 bits per heavy atom. The average Bonchev–Trinajstić information content (AvgIpc) is 3.28. The lowest BCUT2D eigenvalue weighted by atomic mass is 9.81. The van der Waals surface area contributed by atoms with E-state index in [1.807, 2.05) is 4.90 Å². The fourth-order valence-corrected chi connectivity index (χ4v) is 6.19.